The van der Waals surface area contributed by atoms with Crippen molar-refractivity contribution in [1.82, 2.24) is 0 Å². The lowest BCUT2D eigenvalue weighted by Gasteiger charge is -2.09. The van der Waals surface area contributed by atoms with Crippen LogP contribution < -0.4 is 4.74 Å². The van der Waals surface area contributed by atoms with E-state index in [4.69, 9.17) is 4.74 Å². The van der Waals surface area contributed by atoms with Gasteiger partial charge in [0.15, 0.2) is 12.4 Å². The Morgan fingerprint density at radius 2 is 1.95 bits per heavy atom. The normalized spacial score (nSPS) is 13.0. The van der Waals surface area contributed by atoms with Crippen LogP contribution in [0.3, 0.4) is 0 Å². The van der Waals surface area contributed by atoms with Crippen LogP contribution in [0.25, 0.3) is 0 Å². The first-order chi connectivity index (χ1) is 10.1. The Balaban J connectivity index is 1.70. The highest BCUT2D eigenvalue weighted by atomic mass is 79.9. The minimum Gasteiger partial charge on any atom is -0.485 e. The molecule has 2 nitrogen and oxygen atoms in total. The molecule has 108 valence electrons. The first kappa shape index (κ1) is 14.3. The van der Waals surface area contributed by atoms with Gasteiger partial charge in [0.05, 0.1) is 0 Å². The zero-order chi connectivity index (χ0) is 14.8. The summed E-state index contributed by atoms with van der Waals surface area (Å²) in [5.74, 6) is 0.781. The van der Waals surface area contributed by atoms with E-state index in [-0.39, 0.29) is 12.4 Å². The van der Waals surface area contributed by atoms with Gasteiger partial charge in [0, 0.05) is 10.0 Å². The van der Waals surface area contributed by atoms with Crippen LogP contribution >= 0.6 is 15.9 Å². The Morgan fingerprint density at radius 1 is 1.14 bits per heavy atom. The van der Waals surface area contributed by atoms with Crippen molar-refractivity contribution in [2.45, 2.75) is 26.2 Å². The van der Waals surface area contributed by atoms with Crippen LogP contribution in [0.4, 0.5) is 0 Å². The van der Waals surface area contributed by atoms with Gasteiger partial charge in [0.2, 0.25) is 0 Å². The lowest BCUT2D eigenvalue weighted by molar-refractivity contribution is 0.0921. The molecule has 3 heteroatoms. The molecule has 0 fully saturated rings. The molecule has 0 unspecified atom stereocenters. The average molecular weight is 345 g/mol. The number of halogens is 1. The Hall–Kier alpha value is -1.61. The molecular weight excluding hydrogens is 328 g/mol. The molecule has 0 bridgehead atoms. The highest BCUT2D eigenvalue weighted by Gasteiger charge is 2.14. The van der Waals surface area contributed by atoms with Gasteiger partial charge in [-0.25, -0.2) is 0 Å². The molecule has 0 amide bonds. The number of ketones is 1. The molecule has 21 heavy (non-hydrogen) atoms. The second kappa shape index (κ2) is 6.02. The largest absolute Gasteiger partial charge is 0.485 e. The standard InChI is InChI=1S/C18H17BrO2/c1-12-5-8-16(19)10-18(12)21-11-17(20)15-7-6-13-3-2-4-14(13)9-15/h5-10H,2-4,11H2,1H3. The number of Topliss-reactive ketones (excluding diaryl/α,β-unsaturated/α-hetero) is 1. The summed E-state index contributed by atoms with van der Waals surface area (Å²) in [4.78, 5) is 12.3. The number of rotatable bonds is 4. The summed E-state index contributed by atoms with van der Waals surface area (Å²) in [6.07, 6.45) is 3.42. The van der Waals surface area contributed by atoms with E-state index in [9.17, 15) is 4.79 Å². The molecular formula is C18H17BrO2. The van der Waals surface area contributed by atoms with Gasteiger partial charge in [0.25, 0.3) is 0 Å². The van der Waals surface area contributed by atoms with E-state index in [0.717, 1.165) is 34.2 Å². The Morgan fingerprint density at radius 3 is 2.81 bits per heavy atom. The number of benzene rings is 2. The lowest BCUT2D eigenvalue weighted by Crippen LogP contribution is -2.12. The zero-order valence-corrected chi connectivity index (χ0v) is 13.6. The van der Waals surface area contributed by atoms with Gasteiger partial charge < -0.3 is 4.74 Å². The fraction of sp³-hybridized carbons (Fsp3) is 0.278. The number of hydrogen-bond acceptors (Lipinski definition) is 2. The molecule has 0 aliphatic heterocycles. The van der Waals surface area contributed by atoms with Crippen LogP contribution in [0.15, 0.2) is 40.9 Å². The SMILES string of the molecule is Cc1ccc(Br)cc1OCC(=O)c1ccc2c(c1)CCC2. The molecule has 0 radical (unpaired) electrons. The second-order valence-electron chi connectivity index (χ2n) is 5.46. The van der Waals surface area contributed by atoms with Crippen molar-refractivity contribution in [1.29, 1.82) is 0 Å². The summed E-state index contributed by atoms with van der Waals surface area (Å²) in [7, 11) is 0. The van der Waals surface area contributed by atoms with Crippen LogP contribution in [0.5, 0.6) is 5.75 Å². The molecule has 2 aromatic carbocycles. The molecule has 0 saturated carbocycles. The number of carbonyl (C=O) groups is 1. The predicted octanol–water partition coefficient (Wildman–Crippen LogP) is 4.51. The number of carbonyl (C=O) groups excluding carboxylic acids is 1. The van der Waals surface area contributed by atoms with Gasteiger partial charge in [-0.05, 0) is 61.1 Å². The Labute approximate surface area is 133 Å². The van der Waals surface area contributed by atoms with E-state index in [1.807, 2.05) is 37.3 Å². The quantitative estimate of drug-likeness (QED) is 0.763. The van der Waals surface area contributed by atoms with Crippen molar-refractivity contribution in [3.63, 3.8) is 0 Å². The topological polar surface area (TPSA) is 26.3 Å². The van der Waals surface area contributed by atoms with Crippen molar-refractivity contribution in [3.8, 4) is 5.75 Å². The molecule has 0 aromatic heterocycles. The molecule has 1 aliphatic rings. The summed E-state index contributed by atoms with van der Waals surface area (Å²) in [6, 6.07) is 11.9. The lowest BCUT2D eigenvalue weighted by atomic mass is 10.0. The third-order valence-corrected chi connectivity index (χ3v) is 4.42. The van der Waals surface area contributed by atoms with Crippen LogP contribution in [-0.4, -0.2) is 12.4 Å². The van der Waals surface area contributed by atoms with Crippen LogP contribution in [0.1, 0.15) is 33.5 Å². The zero-order valence-electron chi connectivity index (χ0n) is 12.0. The third-order valence-electron chi connectivity index (χ3n) is 3.93. The maximum Gasteiger partial charge on any atom is 0.200 e. The van der Waals surface area contributed by atoms with Gasteiger partial charge in [-0.2, -0.15) is 0 Å². The molecule has 0 heterocycles. The Bertz CT molecular complexity index is 692. The monoisotopic (exact) mass is 344 g/mol. The van der Waals surface area contributed by atoms with Gasteiger partial charge in [-0.3, -0.25) is 4.79 Å². The van der Waals surface area contributed by atoms with E-state index >= 15 is 0 Å². The minimum absolute atomic E-state index is 0.0316. The van der Waals surface area contributed by atoms with Crippen molar-refractivity contribution in [3.05, 3.63) is 63.1 Å². The van der Waals surface area contributed by atoms with Crippen molar-refractivity contribution >= 4 is 21.7 Å². The highest BCUT2D eigenvalue weighted by Crippen LogP contribution is 2.25. The predicted molar refractivity (Wildman–Crippen MR) is 87.2 cm³/mol. The number of hydrogen-bond donors (Lipinski definition) is 0. The summed E-state index contributed by atoms with van der Waals surface area (Å²) >= 11 is 3.42. The maximum absolute atomic E-state index is 12.3. The molecule has 0 spiro atoms. The summed E-state index contributed by atoms with van der Waals surface area (Å²) < 4.78 is 6.63. The first-order valence-electron chi connectivity index (χ1n) is 7.17. The third kappa shape index (κ3) is 3.18. The minimum atomic E-state index is 0.0316. The fourth-order valence-electron chi connectivity index (χ4n) is 2.70. The van der Waals surface area contributed by atoms with E-state index in [2.05, 4.69) is 22.0 Å². The van der Waals surface area contributed by atoms with Gasteiger partial charge >= 0.3 is 0 Å². The van der Waals surface area contributed by atoms with Gasteiger partial charge in [0.1, 0.15) is 5.75 Å². The molecule has 3 rings (SSSR count). The van der Waals surface area contributed by atoms with Gasteiger partial charge in [-0.1, -0.05) is 34.1 Å². The summed E-state index contributed by atoms with van der Waals surface area (Å²) in [5, 5.41) is 0. The fourth-order valence-corrected chi connectivity index (χ4v) is 3.04. The van der Waals surface area contributed by atoms with Crippen LogP contribution in [0, 0.1) is 6.92 Å². The second-order valence-corrected chi connectivity index (χ2v) is 6.37. The van der Waals surface area contributed by atoms with Crippen molar-refractivity contribution in [2.75, 3.05) is 6.61 Å². The highest BCUT2D eigenvalue weighted by molar-refractivity contribution is 9.10. The molecule has 0 N–H and O–H groups in total. The maximum atomic E-state index is 12.3. The average Bonchev–Trinajstić information content (AvgIpc) is 2.95. The summed E-state index contributed by atoms with van der Waals surface area (Å²) in [6.45, 7) is 2.05. The molecule has 2 aromatic rings. The van der Waals surface area contributed by atoms with Crippen molar-refractivity contribution in [2.24, 2.45) is 0 Å². The van der Waals surface area contributed by atoms with E-state index in [1.165, 1.54) is 17.5 Å². The van der Waals surface area contributed by atoms with E-state index < -0.39 is 0 Å². The van der Waals surface area contributed by atoms with Crippen LogP contribution in [-0.2, 0) is 12.8 Å². The molecule has 0 saturated heterocycles. The first-order valence-corrected chi connectivity index (χ1v) is 7.97. The molecule has 0 atom stereocenters. The molecule has 1 aliphatic carbocycles. The van der Waals surface area contributed by atoms with E-state index in [1.54, 1.807) is 0 Å². The Kier molecular flexibility index (Phi) is 4.11. The van der Waals surface area contributed by atoms with Crippen LogP contribution in [0.2, 0.25) is 0 Å². The summed E-state index contributed by atoms with van der Waals surface area (Å²) in [5.41, 5.74) is 4.48. The van der Waals surface area contributed by atoms with Crippen molar-refractivity contribution < 1.29 is 9.53 Å². The van der Waals surface area contributed by atoms with E-state index in [0.29, 0.717) is 0 Å². The number of aryl methyl sites for hydroxylation is 3. The number of fused-ring (bicyclic) bond motifs is 1. The smallest absolute Gasteiger partial charge is 0.200 e. The van der Waals surface area contributed by atoms with Gasteiger partial charge in [-0.15, -0.1) is 0 Å². The number of ether oxygens (including phenoxy) is 1.